The number of hydrogen-bond acceptors (Lipinski definition) is 6. The van der Waals surface area contributed by atoms with E-state index in [1.165, 1.54) is 18.3 Å². The van der Waals surface area contributed by atoms with Crippen molar-refractivity contribution < 1.29 is 23.1 Å². The fourth-order valence-corrected chi connectivity index (χ4v) is 4.50. The van der Waals surface area contributed by atoms with Crippen LogP contribution in [0.2, 0.25) is 0 Å². The van der Waals surface area contributed by atoms with Gasteiger partial charge in [0.2, 0.25) is 10.0 Å². The van der Waals surface area contributed by atoms with Gasteiger partial charge in [0.15, 0.2) is 11.5 Å². The highest BCUT2D eigenvalue weighted by atomic mass is 79.9. The van der Waals surface area contributed by atoms with Crippen LogP contribution in [0.1, 0.15) is 38.3 Å². The molecule has 2 aromatic carbocycles. The second kappa shape index (κ2) is 11.4. The van der Waals surface area contributed by atoms with Gasteiger partial charge in [0.05, 0.1) is 22.2 Å². The highest BCUT2D eigenvalue weighted by Crippen LogP contribution is 2.35. The van der Waals surface area contributed by atoms with Crippen LogP contribution in [0.5, 0.6) is 11.5 Å². The van der Waals surface area contributed by atoms with Gasteiger partial charge in [-0.1, -0.05) is 31.5 Å². The number of halogens is 1. The minimum Gasteiger partial charge on any atom is -0.503 e. The molecule has 1 atom stereocenters. The molecule has 32 heavy (non-hydrogen) atoms. The molecule has 0 aliphatic rings. The van der Waals surface area contributed by atoms with E-state index in [9.17, 15) is 18.3 Å². The van der Waals surface area contributed by atoms with Gasteiger partial charge in [-0.15, -0.1) is 0 Å². The van der Waals surface area contributed by atoms with Crippen molar-refractivity contribution in [2.45, 2.75) is 45.1 Å². The lowest BCUT2D eigenvalue weighted by Crippen LogP contribution is -2.46. The maximum atomic E-state index is 12.7. The first-order valence-corrected chi connectivity index (χ1v) is 12.4. The van der Waals surface area contributed by atoms with Crippen molar-refractivity contribution in [1.29, 1.82) is 0 Å². The van der Waals surface area contributed by atoms with Crippen LogP contribution in [-0.2, 0) is 14.8 Å². The number of sulfonamides is 1. The summed E-state index contributed by atoms with van der Waals surface area (Å²) in [4.78, 5) is 12.8. The Kier molecular flexibility index (Phi) is 9.23. The molecule has 0 aliphatic carbocycles. The van der Waals surface area contributed by atoms with Crippen LogP contribution in [0.4, 0.5) is 0 Å². The summed E-state index contributed by atoms with van der Waals surface area (Å²) in [5, 5.41) is 13.9. The Bertz CT molecular complexity index is 1070. The Hall–Kier alpha value is -2.43. The van der Waals surface area contributed by atoms with Gasteiger partial charge < -0.3 is 9.84 Å². The Balaban J connectivity index is 2.15. The number of nitrogens with one attached hydrogen (secondary N) is 2. The van der Waals surface area contributed by atoms with Crippen LogP contribution in [0.15, 0.2) is 50.9 Å². The first kappa shape index (κ1) is 25.8. The summed E-state index contributed by atoms with van der Waals surface area (Å²) in [6.45, 7) is 7.82. The van der Waals surface area contributed by atoms with Crippen molar-refractivity contribution in [1.82, 2.24) is 10.1 Å². The van der Waals surface area contributed by atoms with Crippen LogP contribution in [-0.4, -0.2) is 38.3 Å². The molecule has 0 aromatic heterocycles. The molecule has 0 saturated heterocycles. The van der Waals surface area contributed by atoms with Crippen molar-refractivity contribution in [2.75, 3.05) is 6.61 Å². The van der Waals surface area contributed by atoms with E-state index in [4.69, 9.17) is 4.74 Å². The molecule has 0 unspecified atom stereocenters. The highest BCUT2D eigenvalue weighted by molar-refractivity contribution is 9.10. The molecule has 0 radical (unpaired) electrons. The molecule has 2 rings (SSSR count). The van der Waals surface area contributed by atoms with E-state index in [2.05, 4.69) is 31.2 Å². The number of phenols is 1. The van der Waals surface area contributed by atoms with Gasteiger partial charge in [-0.2, -0.15) is 9.82 Å². The molecule has 2 aromatic rings. The minimum absolute atomic E-state index is 0.0319. The van der Waals surface area contributed by atoms with Crippen LogP contribution in [0.25, 0.3) is 0 Å². The summed E-state index contributed by atoms with van der Waals surface area (Å²) < 4.78 is 33.7. The second-order valence-corrected chi connectivity index (χ2v) is 10.2. The fourth-order valence-electron chi connectivity index (χ4n) is 2.84. The van der Waals surface area contributed by atoms with Crippen LogP contribution in [0, 0.1) is 12.8 Å². The molecule has 1 amide bonds. The molecule has 0 aliphatic heterocycles. The third-order valence-electron chi connectivity index (χ3n) is 4.39. The Morgan fingerprint density at radius 3 is 2.50 bits per heavy atom. The zero-order valence-corrected chi connectivity index (χ0v) is 20.8. The Labute approximate surface area is 197 Å². The number of hydrogen-bond donors (Lipinski definition) is 3. The molecule has 0 fully saturated rings. The third kappa shape index (κ3) is 7.32. The number of carbonyl (C=O) groups is 1. The van der Waals surface area contributed by atoms with E-state index in [0.29, 0.717) is 23.1 Å². The largest absolute Gasteiger partial charge is 0.503 e. The zero-order chi connectivity index (χ0) is 23.9. The maximum Gasteiger partial charge on any atom is 0.258 e. The second-order valence-electron chi connectivity index (χ2n) is 7.63. The van der Waals surface area contributed by atoms with Crippen molar-refractivity contribution >= 4 is 38.1 Å². The first-order valence-electron chi connectivity index (χ1n) is 10.1. The van der Waals surface area contributed by atoms with Crippen molar-refractivity contribution in [3.8, 4) is 11.5 Å². The number of amides is 1. The number of phenolic OH excluding ortho intramolecular Hbond substituents is 1. The van der Waals surface area contributed by atoms with Crippen LogP contribution in [0.3, 0.4) is 0 Å². The number of hydrazone groups is 1. The predicted molar refractivity (Wildman–Crippen MR) is 127 cm³/mol. The van der Waals surface area contributed by atoms with Crippen LogP contribution < -0.4 is 14.9 Å². The number of ether oxygens (including phenoxy) is 1. The van der Waals surface area contributed by atoms with E-state index in [0.717, 1.165) is 5.56 Å². The summed E-state index contributed by atoms with van der Waals surface area (Å²) in [5.74, 6) is -0.264. The summed E-state index contributed by atoms with van der Waals surface area (Å²) in [7, 11) is -3.88. The van der Waals surface area contributed by atoms with E-state index >= 15 is 0 Å². The average Bonchev–Trinajstić information content (AvgIpc) is 2.71. The lowest BCUT2D eigenvalue weighted by atomic mass is 10.0. The SMILES string of the molecule is CCOc1cc(/C=N\NC(=O)[C@H](CC(C)C)NS(=O)(=O)c2ccc(C)cc2)cc(Br)c1O. The van der Waals surface area contributed by atoms with Gasteiger partial charge >= 0.3 is 0 Å². The lowest BCUT2D eigenvalue weighted by Gasteiger charge is -2.19. The highest BCUT2D eigenvalue weighted by Gasteiger charge is 2.26. The minimum atomic E-state index is -3.88. The first-order chi connectivity index (χ1) is 15.0. The average molecular weight is 526 g/mol. The molecule has 174 valence electrons. The van der Waals surface area contributed by atoms with Gasteiger partial charge in [0.1, 0.15) is 6.04 Å². The molecule has 3 N–H and O–H groups in total. The number of rotatable bonds is 10. The van der Waals surface area contributed by atoms with Gasteiger partial charge in [0, 0.05) is 0 Å². The topological polar surface area (TPSA) is 117 Å². The molecular weight excluding hydrogens is 498 g/mol. The van der Waals surface area contributed by atoms with Crippen LogP contribution >= 0.6 is 15.9 Å². The predicted octanol–water partition coefficient (Wildman–Crippen LogP) is 3.71. The molecule has 8 nitrogen and oxygen atoms in total. The van der Waals surface area contributed by atoms with Gasteiger partial charge in [-0.25, -0.2) is 13.8 Å². The molecule has 10 heteroatoms. The number of nitrogens with zero attached hydrogens (tertiary/aromatic N) is 1. The summed E-state index contributed by atoms with van der Waals surface area (Å²) in [6, 6.07) is 8.58. The standard InChI is InChI=1S/C22H28BrN3O5S/c1-5-31-20-12-16(11-18(23)21(20)27)13-24-25-22(28)19(10-14(2)3)26-32(29,30)17-8-6-15(4)7-9-17/h6-9,11-14,19,26-27H,5,10H2,1-4H3,(H,25,28)/b24-13-/t19-/m0/s1. The number of aryl methyl sites for hydroxylation is 1. The van der Waals surface area contributed by atoms with Gasteiger partial charge in [0.25, 0.3) is 5.91 Å². The summed E-state index contributed by atoms with van der Waals surface area (Å²) in [5.41, 5.74) is 3.89. The summed E-state index contributed by atoms with van der Waals surface area (Å²) in [6.07, 6.45) is 1.68. The van der Waals surface area contributed by atoms with E-state index in [-0.39, 0.29) is 22.3 Å². The Morgan fingerprint density at radius 1 is 1.25 bits per heavy atom. The maximum absolute atomic E-state index is 12.7. The molecule has 0 saturated carbocycles. The van der Waals surface area contributed by atoms with Crippen molar-refractivity contribution in [2.24, 2.45) is 11.0 Å². The summed E-state index contributed by atoms with van der Waals surface area (Å²) >= 11 is 3.24. The molecule has 0 bridgehead atoms. The lowest BCUT2D eigenvalue weighted by molar-refractivity contribution is -0.123. The number of carbonyl (C=O) groups excluding carboxylic acids is 1. The number of aromatic hydroxyl groups is 1. The van der Waals surface area contributed by atoms with Gasteiger partial charge in [-0.3, -0.25) is 4.79 Å². The van der Waals surface area contributed by atoms with Crippen molar-refractivity contribution in [3.63, 3.8) is 0 Å². The number of benzene rings is 2. The van der Waals surface area contributed by atoms with Crippen molar-refractivity contribution in [3.05, 3.63) is 52.0 Å². The zero-order valence-electron chi connectivity index (χ0n) is 18.4. The Morgan fingerprint density at radius 2 is 1.91 bits per heavy atom. The van der Waals surface area contributed by atoms with E-state index in [1.54, 1.807) is 31.2 Å². The smallest absolute Gasteiger partial charge is 0.258 e. The quantitative estimate of drug-likeness (QED) is 0.323. The normalized spacial score (nSPS) is 12.8. The fraction of sp³-hybridized carbons (Fsp3) is 0.364. The third-order valence-corrected chi connectivity index (χ3v) is 6.48. The molecule has 0 heterocycles. The van der Waals surface area contributed by atoms with E-state index in [1.807, 2.05) is 20.8 Å². The molecule has 0 spiro atoms. The monoisotopic (exact) mass is 525 g/mol. The molecular formula is C22H28BrN3O5S. The van der Waals surface area contributed by atoms with Gasteiger partial charge in [-0.05, 0) is 71.9 Å². The van der Waals surface area contributed by atoms with E-state index < -0.39 is 22.0 Å².